The first kappa shape index (κ1) is 15.0. The third-order valence-electron chi connectivity index (χ3n) is 3.52. The Morgan fingerprint density at radius 2 is 2.00 bits per heavy atom. The van der Waals surface area contributed by atoms with Crippen molar-refractivity contribution in [1.29, 1.82) is 0 Å². The molecule has 0 saturated heterocycles. The Balaban J connectivity index is 1.65. The van der Waals surface area contributed by atoms with Gasteiger partial charge in [0, 0.05) is 16.0 Å². The minimum Gasteiger partial charge on any atom is -0.480 e. The van der Waals surface area contributed by atoms with Crippen LogP contribution in [0.2, 0.25) is 5.02 Å². The maximum absolute atomic E-state index is 11.9. The minimum absolute atomic E-state index is 0.0825. The lowest BCUT2D eigenvalue weighted by atomic mass is 10.2. The van der Waals surface area contributed by atoms with Crippen LogP contribution in [0, 0.1) is 0 Å². The van der Waals surface area contributed by atoms with E-state index in [1.165, 1.54) is 11.3 Å². The van der Waals surface area contributed by atoms with Crippen molar-refractivity contribution >= 4 is 34.8 Å². The van der Waals surface area contributed by atoms with Crippen molar-refractivity contribution in [1.82, 2.24) is 10.3 Å². The summed E-state index contributed by atoms with van der Waals surface area (Å²) in [5.74, 6) is -1.28. The Morgan fingerprint density at radius 3 is 2.59 bits per heavy atom. The van der Waals surface area contributed by atoms with E-state index in [2.05, 4.69) is 10.3 Å². The monoisotopic (exact) mass is 336 g/mol. The molecule has 1 saturated carbocycles. The van der Waals surface area contributed by atoms with Gasteiger partial charge >= 0.3 is 5.97 Å². The summed E-state index contributed by atoms with van der Waals surface area (Å²) in [6, 6.07) is 7.31. The molecule has 1 heterocycles. The smallest absolute Gasteiger partial charge is 0.329 e. The molecule has 114 valence electrons. The predicted octanol–water partition coefficient (Wildman–Crippen LogP) is 2.74. The van der Waals surface area contributed by atoms with Crippen LogP contribution in [-0.2, 0) is 16.0 Å². The molecule has 3 rings (SSSR count). The molecule has 0 radical (unpaired) electrons. The number of nitrogens with one attached hydrogen (secondary N) is 1. The fourth-order valence-corrected chi connectivity index (χ4v) is 3.06. The highest BCUT2D eigenvalue weighted by Gasteiger charge is 2.51. The van der Waals surface area contributed by atoms with Crippen molar-refractivity contribution in [3.8, 4) is 10.6 Å². The van der Waals surface area contributed by atoms with E-state index in [0.29, 0.717) is 23.6 Å². The summed E-state index contributed by atoms with van der Waals surface area (Å²) in [6.45, 7) is 0. The molecule has 2 aromatic rings. The lowest BCUT2D eigenvalue weighted by Crippen LogP contribution is -2.43. The van der Waals surface area contributed by atoms with Crippen LogP contribution in [0.1, 0.15) is 18.5 Å². The number of aromatic nitrogens is 1. The van der Waals surface area contributed by atoms with Crippen LogP contribution in [0.3, 0.4) is 0 Å². The van der Waals surface area contributed by atoms with Gasteiger partial charge in [0.1, 0.15) is 10.5 Å². The Kier molecular flexibility index (Phi) is 3.88. The molecule has 2 N–H and O–H groups in total. The molecule has 1 aromatic heterocycles. The highest BCUT2D eigenvalue weighted by atomic mass is 35.5. The topological polar surface area (TPSA) is 79.3 Å². The zero-order chi connectivity index (χ0) is 15.7. The molecular formula is C15H13ClN2O3S. The Bertz CT molecular complexity index is 723. The molecule has 0 bridgehead atoms. The summed E-state index contributed by atoms with van der Waals surface area (Å²) in [7, 11) is 0. The third kappa shape index (κ3) is 3.13. The first-order chi connectivity index (χ1) is 10.5. The second-order valence-corrected chi connectivity index (χ2v) is 6.56. The van der Waals surface area contributed by atoms with Crippen LogP contribution >= 0.6 is 22.9 Å². The van der Waals surface area contributed by atoms with Crippen molar-refractivity contribution in [2.45, 2.75) is 24.8 Å². The number of amides is 1. The predicted molar refractivity (Wildman–Crippen MR) is 84.0 cm³/mol. The summed E-state index contributed by atoms with van der Waals surface area (Å²) >= 11 is 7.29. The van der Waals surface area contributed by atoms with Gasteiger partial charge in [-0.25, -0.2) is 9.78 Å². The van der Waals surface area contributed by atoms with Crippen LogP contribution < -0.4 is 5.32 Å². The molecule has 0 unspecified atom stereocenters. The van der Waals surface area contributed by atoms with Gasteiger partial charge in [-0.2, -0.15) is 0 Å². The number of nitrogens with zero attached hydrogens (tertiary/aromatic N) is 1. The van der Waals surface area contributed by atoms with Crippen molar-refractivity contribution in [2.75, 3.05) is 0 Å². The molecule has 5 nitrogen and oxygen atoms in total. The number of carboxylic acids is 1. The summed E-state index contributed by atoms with van der Waals surface area (Å²) in [5, 5.41) is 14.9. The Morgan fingerprint density at radius 1 is 1.32 bits per heavy atom. The van der Waals surface area contributed by atoms with E-state index in [1.807, 2.05) is 17.5 Å². The van der Waals surface area contributed by atoms with E-state index < -0.39 is 11.5 Å². The molecule has 1 fully saturated rings. The fourth-order valence-electron chi connectivity index (χ4n) is 2.11. The van der Waals surface area contributed by atoms with Crippen LogP contribution in [0.15, 0.2) is 29.6 Å². The lowest BCUT2D eigenvalue weighted by molar-refractivity contribution is -0.143. The van der Waals surface area contributed by atoms with E-state index in [1.54, 1.807) is 12.1 Å². The van der Waals surface area contributed by atoms with Gasteiger partial charge in [0.05, 0.1) is 12.1 Å². The normalized spacial score (nSPS) is 15.3. The number of carboxylic acid groups (broad SMARTS) is 1. The van der Waals surface area contributed by atoms with Crippen LogP contribution in [0.4, 0.5) is 0 Å². The van der Waals surface area contributed by atoms with Crippen LogP contribution in [-0.4, -0.2) is 27.5 Å². The molecule has 1 amide bonds. The number of hydrogen-bond donors (Lipinski definition) is 2. The van der Waals surface area contributed by atoms with Gasteiger partial charge < -0.3 is 10.4 Å². The highest BCUT2D eigenvalue weighted by molar-refractivity contribution is 7.13. The first-order valence-electron chi connectivity index (χ1n) is 6.73. The van der Waals surface area contributed by atoms with Crippen molar-refractivity contribution in [2.24, 2.45) is 0 Å². The quantitative estimate of drug-likeness (QED) is 0.880. The fraction of sp³-hybridized carbons (Fsp3) is 0.267. The average Bonchev–Trinajstić information content (AvgIpc) is 3.11. The van der Waals surface area contributed by atoms with E-state index in [9.17, 15) is 9.59 Å². The van der Waals surface area contributed by atoms with E-state index in [4.69, 9.17) is 16.7 Å². The van der Waals surface area contributed by atoms with E-state index >= 15 is 0 Å². The second-order valence-electron chi connectivity index (χ2n) is 5.26. The number of thiazole rings is 1. The average molecular weight is 337 g/mol. The third-order valence-corrected chi connectivity index (χ3v) is 4.71. The van der Waals surface area contributed by atoms with Gasteiger partial charge in [-0.05, 0) is 25.0 Å². The van der Waals surface area contributed by atoms with Gasteiger partial charge in [0.25, 0.3) is 0 Å². The molecule has 1 aromatic carbocycles. The van der Waals surface area contributed by atoms with E-state index in [0.717, 1.165) is 10.6 Å². The summed E-state index contributed by atoms with van der Waals surface area (Å²) in [6.07, 6.45) is 1.06. The molecule has 1 aliphatic rings. The van der Waals surface area contributed by atoms with Crippen molar-refractivity contribution < 1.29 is 14.7 Å². The van der Waals surface area contributed by atoms with Gasteiger partial charge in [0.15, 0.2) is 0 Å². The summed E-state index contributed by atoms with van der Waals surface area (Å²) < 4.78 is 0. The molecule has 1 aliphatic carbocycles. The molecule has 0 aliphatic heterocycles. The van der Waals surface area contributed by atoms with Gasteiger partial charge in [-0.3, -0.25) is 4.79 Å². The van der Waals surface area contributed by atoms with Gasteiger partial charge in [-0.15, -0.1) is 11.3 Å². The maximum Gasteiger partial charge on any atom is 0.329 e. The molecule has 22 heavy (non-hydrogen) atoms. The van der Waals surface area contributed by atoms with Crippen molar-refractivity contribution in [3.63, 3.8) is 0 Å². The zero-order valence-electron chi connectivity index (χ0n) is 11.5. The maximum atomic E-state index is 11.9. The SMILES string of the molecule is O=C(Cc1csc(-c2ccc(Cl)cc2)n1)NC1(C(=O)O)CC1. The Labute approximate surface area is 136 Å². The van der Waals surface area contributed by atoms with Crippen LogP contribution in [0.25, 0.3) is 10.6 Å². The van der Waals surface area contributed by atoms with Crippen LogP contribution in [0.5, 0.6) is 0 Å². The first-order valence-corrected chi connectivity index (χ1v) is 7.99. The zero-order valence-corrected chi connectivity index (χ0v) is 13.1. The van der Waals surface area contributed by atoms with Gasteiger partial charge in [0.2, 0.25) is 5.91 Å². The number of hydrogen-bond acceptors (Lipinski definition) is 4. The molecule has 0 atom stereocenters. The highest BCUT2D eigenvalue weighted by Crippen LogP contribution is 2.35. The van der Waals surface area contributed by atoms with E-state index in [-0.39, 0.29) is 12.3 Å². The number of rotatable bonds is 5. The number of aliphatic carboxylic acids is 1. The molecule has 0 spiro atoms. The lowest BCUT2D eigenvalue weighted by Gasteiger charge is -2.11. The Hall–Kier alpha value is -1.92. The standard InChI is InChI=1S/C15H13ClN2O3S/c16-10-3-1-9(2-4-10)13-17-11(8-22-13)7-12(19)18-15(5-6-15)14(20)21/h1-4,8H,5-7H2,(H,18,19)(H,20,21). The second kappa shape index (κ2) is 5.70. The minimum atomic E-state index is -1.05. The largest absolute Gasteiger partial charge is 0.480 e. The number of benzene rings is 1. The summed E-state index contributed by atoms with van der Waals surface area (Å²) in [4.78, 5) is 27.4. The molecule has 7 heteroatoms. The molecular weight excluding hydrogens is 324 g/mol. The number of carbonyl (C=O) groups is 2. The number of carbonyl (C=O) groups excluding carboxylic acids is 1. The summed E-state index contributed by atoms with van der Waals surface area (Å²) in [5.41, 5.74) is 0.519. The number of halogens is 1. The van der Waals surface area contributed by atoms with Gasteiger partial charge in [-0.1, -0.05) is 23.7 Å². The van der Waals surface area contributed by atoms with Crippen molar-refractivity contribution in [3.05, 3.63) is 40.4 Å².